The molecule has 0 spiro atoms. The third kappa shape index (κ3) is 9.24. The summed E-state index contributed by atoms with van der Waals surface area (Å²) < 4.78 is 8.58. The van der Waals surface area contributed by atoms with E-state index in [1.807, 2.05) is 12.1 Å². The van der Waals surface area contributed by atoms with Gasteiger partial charge in [0.25, 0.3) is 0 Å². The highest BCUT2D eigenvalue weighted by Gasteiger charge is 2.14. The molecule has 0 aromatic heterocycles. The number of piperidine rings is 1. The molecule has 29 heavy (non-hydrogen) atoms. The number of hydrogen-bond acceptors (Lipinski definition) is 4. The summed E-state index contributed by atoms with van der Waals surface area (Å²) in [5, 5.41) is 0. The maximum Gasteiger partial charge on any atom is 0.118 e. The number of aryl methyl sites for hydroxylation is 2. The van der Waals surface area contributed by atoms with Crippen molar-refractivity contribution in [1.82, 2.24) is 9.62 Å². The van der Waals surface area contributed by atoms with E-state index in [0.717, 1.165) is 24.8 Å². The van der Waals surface area contributed by atoms with Crippen LogP contribution in [-0.4, -0.2) is 38.2 Å². The van der Waals surface area contributed by atoms with Gasteiger partial charge in [0.05, 0.1) is 7.11 Å². The van der Waals surface area contributed by atoms with Crippen LogP contribution in [0.2, 0.25) is 0 Å². The molecule has 1 fully saturated rings. The quantitative estimate of drug-likeness (QED) is 0.425. The molecule has 1 N–H and O–H groups in total. The van der Waals surface area contributed by atoms with Crippen molar-refractivity contribution in [3.63, 3.8) is 0 Å². The van der Waals surface area contributed by atoms with Crippen LogP contribution >= 0.6 is 11.9 Å². The number of hydrogen-bond donors (Lipinski definition) is 1. The highest BCUT2D eigenvalue weighted by atomic mass is 32.2. The zero-order valence-corrected chi connectivity index (χ0v) is 19.4. The van der Waals surface area contributed by atoms with E-state index in [4.69, 9.17) is 4.74 Å². The van der Waals surface area contributed by atoms with E-state index in [0.29, 0.717) is 0 Å². The van der Waals surface area contributed by atoms with Gasteiger partial charge in [0, 0.05) is 18.0 Å². The fraction of sp³-hybridized carbons (Fsp3) is 0.520. The molecule has 0 amide bonds. The molecule has 3 rings (SSSR count). The normalized spacial score (nSPS) is 14.9. The lowest BCUT2D eigenvalue weighted by atomic mass is 9.99. The first-order valence-corrected chi connectivity index (χ1v) is 11.7. The highest BCUT2D eigenvalue weighted by molar-refractivity contribution is 7.97. The number of nitrogens with one attached hydrogen (secondary N) is 1. The largest absolute Gasteiger partial charge is 0.497 e. The summed E-state index contributed by atoms with van der Waals surface area (Å²) in [6.45, 7) is 11.4. The van der Waals surface area contributed by atoms with Crippen LogP contribution in [0.3, 0.4) is 0 Å². The van der Waals surface area contributed by atoms with Crippen LogP contribution in [0.25, 0.3) is 0 Å². The molecular formula is C25H38N2OS. The molecule has 0 radical (unpaired) electrons. The number of likely N-dealkylation sites (tertiary alicyclic amines) is 1. The maximum atomic E-state index is 5.15. The van der Waals surface area contributed by atoms with Gasteiger partial charge in [-0.15, -0.1) is 0 Å². The van der Waals surface area contributed by atoms with E-state index in [1.54, 1.807) is 19.1 Å². The summed E-state index contributed by atoms with van der Waals surface area (Å²) in [4.78, 5) is 3.79. The molecule has 3 nitrogen and oxygen atoms in total. The third-order valence-corrected chi connectivity index (χ3v) is 6.29. The van der Waals surface area contributed by atoms with Gasteiger partial charge >= 0.3 is 0 Å². The third-order valence-electron chi connectivity index (χ3n) is 5.44. The van der Waals surface area contributed by atoms with Crippen molar-refractivity contribution in [2.75, 3.05) is 33.3 Å². The molecule has 1 aliphatic heterocycles. The Morgan fingerprint density at radius 2 is 1.76 bits per heavy atom. The van der Waals surface area contributed by atoms with Gasteiger partial charge in [-0.05, 0) is 92.5 Å². The zero-order valence-electron chi connectivity index (χ0n) is 18.6. The van der Waals surface area contributed by atoms with E-state index in [2.05, 4.69) is 66.8 Å². The van der Waals surface area contributed by atoms with Crippen LogP contribution in [0, 0.1) is 12.8 Å². The Kier molecular flexibility index (Phi) is 11.2. The summed E-state index contributed by atoms with van der Waals surface area (Å²) in [6, 6.07) is 16.7. The van der Waals surface area contributed by atoms with Crippen LogP contribution < -0.4 is 9.46 Å². The predicted molar refractivity (Wildman–Crippen MR) is 127 cm³/mol. The molecule has 1 saturated heterocycles. The Morgan fingerprint density at radius 3 is 2.38 bits per heavy atom. The lowest BCUT2D eigenvalue weighted by Crippen LogP contribution is -2.36. The van der Waals surface area contributed by atoms with Gasteiger partial charge in [-0.2, -0.15) is 0 Å². The van der Waals surface area contributed by atoms with Crippen LogP contribution in [0.15, 0.2) is 53.4 Å². The summed E-state index contributed by atoms with van der Waals surface area (Å²) in [7, 11) is 1.69. The number of benzene rings is 2. The molecule has 1 aliphatic rings. The van der Waals surface area contributed by atoms with Gasteiger partial charge in [-0.1, -0.05) is 44.5 Å². The second kappa shape index (κ2) is 13.7. The minimum absolute atomic E-state index is 0.909. The highest BCUT2D eigenvalue weighted by Crippen LogP contribution is 2.19. The van der Waals surface area contributed by atoms with Crippen LogP contribution in [-0.2, 0) is 6.42 Å². The fourth-order valence-electron chi connectivity index (χ4n) is 3.43. The van der Waals surface area contributed by atoms with Crippen molar-refractivity contribution in [2.45, 2.75) is 51.3 Å². The predicted octanol–water partition coefficient (Wildman–Crippen LogP) is 5.97. The van der Waals surface area contributed by atoms with Crippen LogP contribution in [0.1, 0.15) is 44.2 Å². The molecule has 0 unspecified atom stereocenters. The van der Waals surface area contributed by atoms with Crippen molar-refractivity contribution in [1.29, 1.82) is 0 Å². The van der Waals surface area contributed by atoms with E-state index in [9.17, 15) is 0 Å². The van der Waals surface area contributed by atoms with Gasteiger partial charge in [-0.3, -0.25) is 4.72 Å². The zero-order chi connectivity index (χ0) is 20.9. The van der Waals surface area contributed by atoms with Crippen molar-refractivity contribution in [3.8, 4) is 5.75 Å². The number of nitrogens with zero attached hydrogens (tertiary/aromatic N) is 1. The first kappa shape index (κ1) is 23.8. The molecular weight excluding hydrogens is 376 g/mol. The minimum Gasteiger partial charge on any atom is -0.497 e. The Hall–Kier alpha value is -1.49. The van der Waals surface area contributed by atoms with Gasteiger partial charge < -0.3 is 9.64 Å². The summed E-state index contributed by atoms with van der Waals surface area (Å²) in [5.41, 5.74) is 2.91. The molecule has 0 bridgehead atoms. The summed E-state index contributed by atoms with van der Waals surface area (Å²) in [5.74, 6) is 1.82. The minimum atomic E-state index is 0.909. The average Bonchev–Trinajstić information content (AvgIpc) is 2.75. The van der Waals surface area contributed by atoms with Gasteiger partial charge in [0.2, 0.25) is 0 Å². The molecule has 0 aliphatic carbocycles. The molecule has 160 valence electrons. The monoisotopic (exact) mass is 414 g/mol. The smallest absolute Gasteiger partial charge is 0.118 e. The first-order valence-electron chi connectivity index (χ1n) is 10.9. The van der Waals surface area contributed by atoms with Crippen LogP contribution in [0.4, 0.5) is 0 Å². The van der Waals surface area contributed by atoms with Gasteiger partial charge in [0.15, 0.2) is 0 Å². The van der Waals surface area contributed by atoms with E-state index >= 15 is 0 Å². The van der Waals surface area contributed by atoms with Gasteiger partial charge in [0.1, 0.15) is 5.75 Å². The summed E-state index contributed by atoms with van der Waals surface area (Å²) >= 11 is 1.70. The Bertz CT molecular complexity index is 681. The molecule has 4 heteroatoms. The Labute approximate surface area is 182 Å². The lowest BCUT2D eigenvalue weighted by molar-refractivity contribution is 0.196. The van der Waals surface area contributed by atoms with Crippen LogP contribution in [0.5, 0.6) is 5.75 Å². The van der Waals surface area contributed by atoms with Crippen molar-refractivity contribution in [3.05, 3.63) is 59.7 Å². The van der Waals surface area contributed by atoms with Crippen molar-refractivity contribution >= 4 is 11.9 Å². The Morgan fingerprint density at radius 1 is 1.07 bits per heavy atom. The summed E-state index contributed by atoms with van der Waals surface area (Å²) in [6.07, 6.45) is 5.16. The number of methoxy groups -OCH3 is 1. The number of ether oxygens (including phenoxy) is 1. The van der Waals surface area contributed by atoms with E-state index < -0.39 is 0 Å². The van der Waals surface area contributed by atoms with E-state index in [-0.39, 0.29) is 0 Å². The average molecular weight is 415 g/mol. The molecule has 2 aromatic carbocycles. The maximum absolute atomic E-state index is 5.15. The standard InChI is InChI=1S/C15H24N2OS.C10H14/c1-13-7-10-17(11-8-13)12-9-16-19-15-5-3-14(18-2)4-6-15;1-3-6-10-8-5-4-7-9(10)2/h3-6,13,16H,7-12H2,1-2H3;4-5,7-8H,3,6H2,1-2H3. The number of rotatable bonds is 8. The van der Waals surface area contributed by atoms with Gasteiger partial charge in [-0.25, -0.2) is 0 Å². The first-order chi connectivity index (χ1) is 14.1. The lowest BCUT2D eigenvalue weighted by Gasteiger charge is -2.30. The molecule has 0 saturated carbocycles. The second-order valence-corrected chi connectivity index (χ2v) is 8.84. The van der Waals surface area contributed by atoms with Crippen molar-refractivity contribution < 1.29 is 4.74 Å². The SMILES string of the molecule is CCCc1ccccc1C.COc1ccc(SNCCN2CCC(C)CC2)cc1. The Balaban J connectivity index is 0.000000253. The molecule has 2 aromatic rings. The van der Waals surface area contributed by atoms with E-state index in [1.165, 1.54) is 54.8 Å². The van der Waals surface area contributed by atoms with Crippen molar-refractivity contribution in [2.24, 2.45) is 5.92 Å². The molecule has 1 heterocycles. The second-order valence-electron chi connectivity index (χ2n) is 7.87. The fourth-order valence-corrected chi connectivity index (χ4v) is 4.06. The topological polar surface area (TPSA) is 24.5 Å². The molecule has 0 atom stereocenters.